The number of anilines is 1. The van der Waals surface area contributed by atoms with Crippen LogP contribution in [0.25, 0.3) is 0 Å². The van der Waals surface area contributed by atoms with E-state index in [4.69, 9.17) is 20.1 Å². The van der Waals surface area contributed by atoms with E-state index in [2.05, 4.69) is 5.32 Å². The summed E-state index contributed by atoms with van der Waals surface area (Å²) in [5.41, 5.74) is 0.681. The zero-order chi connectivity index (χ0) is 12.7. The number of carboxylic acid groups (broad SMARTS) is 1. The molecule has 0 amide bonds. The van der Waals surface area contributed by atoms with Crippen LogP contribution in [0.3, 0.4) is 0 Å². The first-order chi connectivity index (χ1) is 8.11. The van der Waals surface area contributed by atoms with E-state index in [9.17, 15) is 4.79 Å². The van der Waals surface area contributed by atoms with Gasteiger partial charge < -0.3 is 25.4 Å². The van der Waals surface area contributed by atoms with Crippen LogP contribution in [-0.4, -0.2) is 47.2 Å². The minimum Gasteiger partial charge on any atom is -0.482 e. The summed E-state index contributed by atoms with van der Waals surface area (Å²) in [4.78, 5) is 10.3. The highest BCUT2D eigenvalue weighted by Crippen LogP contribution is 2.17. The highest BCUT2D eigenvalue weighted by Gasteiger charge is 2.03. The van der Waals surface area contributed by atoms with Crippen molar-refractivity contribution < 1.29 is 24.9 Å². The smallest absolute Gasteiger partial charge is 0.341 e. The third kappa shape index (κ3) is 5.19. The zero-order valence-corrected chi connectivity index (χ0v) is 9.17. The summed E-state index contributed by atoms with van der Waals surface area (Å²) in [7, 11) is 0. The molecule has 0 spiro atoms. The molecule has 0 aliphatic carbocycles. The summed E-state index contributed by atoms with van der Waals surface area (Å²) in [5.74, 6) is -0.616. The molecule has 0 saturated heterocycles. The second-order valence-electron chi connectivity index (χ2n) is 3.43. The fourth-order valence-electron chi connectivity index (χ4n) is 1.14. The molecule has 0 aliphatic heterocycles. The maximum absolute atomic E-state index is 10.3. The van der Waals surface area contributed by atoms with Gasteiger partial charge in [-0.05, 0) is 12.1 Å². The quantitative estimate of drug-likeness (QED) is 0.532. The Labute approximate surface area is 98.5 Å². The Bertz CT molecular complexity index is 369. The number of carbonyl (C=O) groups is 1. The second kappa shape index (κ2) is 6.72. The SMILES string of the molecule is O=C(O)COc1cccc(NCC(O)CO)c1. The molecule has 6 nitrogen and oxygen atoms in total. The largest absolute Gasteiger partial charge is 0.482 e. The van der Waals surface area contributed by atoms with Crippen molar-refractivity contribution in [1.82, 2.24) is 0 Å². The van der Waals surface area contributed by atoms with Gasteiger partial charge in [0.05, 0.1) is 12.7 Å². The highest BCUT2D eigenvalue weighted by atomic mass is 16.5. The number of aliphatic carboxylic acids is 1. The van der Waals surface area contributed by atoms with Gasteiger partial charge >= 0.3 is 5.97 Å². The molecule has 0 aliphatic rings. The fraction of sp³-hybridized carbons (Fsp3) is 0.364. The molecule has 1 rings (SSSR count). The Hall–Kier alpha value is -1.79. The van der Waals surface area contributed by atoms with Gasteiger partial charge in [0.25, 0.3) is 0 Å². The molecule has 17 heavy (non-hydrogen) atoms. The number of rotatable bonds is 7. The first-order valence-corrected chi connectivity index (χ1v) is 5.09. The van der Waals surface area contributed by atoms with Crippen molar-refractivity contribution in [3.63, 3.8) is 0 Å². The van der Waals surface area contributed by atoms with E-state index in [0.717, 1.165) is 0 Å². The first-order valence-electron chi connectivity index (χ1n) is 5.09. The van der Waals surface area contributed by atoms with Gasteiger partial charge in [-0.15, -0.1) is 0 Å². The van der Waals surface area contributed by atoms with Crippen molar-refractivity contribution >= 4 is 11.7 Å². The van der Waals surface area contributed by atoms with Gasteiger partial charge in [0.1, 0.15) is 5.75 Å². The number of hydrogen-bond acceptors (Lipinski definition) is 5. The van der Waals surface area contributed by atoms with E-state index in [1.165, 1.54) is 0 Å². The number of aliphatic hydroxyl groups excluding tert-OH is 2. The van der Waals surface area contributed by atoms with Crippen LogP contribution in [-0.2, 0) is 4.79 Å². The molecular formula is C11H15NO5. The predicted octanol–water partition coefficient (Wildman–Crippen LogP) is -0.0849. The lowest BCUT2D eigenvalue weighted by atomic mass is 10.3. The van der Waals surface area contributed by atoms with Crippen molar-refractivity contribution in [3.05, 3.63) is 24.3 Å². The average Bonchev–Trinajstić information content (AvgIpc) is 2.34. The van der Waals surface area contributed by atoms with Gasteiger partial charge in [0.2, 0.25) is 0 Å². The van der Waals surface area contributed by atoms with Crippen molar-refractivity contribution in [2.45, 2.75) is 6.10 Å². The minimum atomic E-state index is -1.04. The normalized spacial score (nSPS) is 11.9. The lowest BCUT2D eigenvalue weighted by Crippen LogP contribution is -2.22. The molecular weight excluding hydrogens is 226 g/mol. The molecule has 0 bridgehead atoms. The van der Waals surface area contributed by atoms with Gasteiger partial charge in [0, 0.05) is 18.3 Å². The van der Waals surface area contributed by atoms with E-state index in [0.29, 0.717) is 11.4 Å². The van der Waals surface area contributed by atoms with Crippen molar-refractivity contribution in [2.24, 2.45) is 0 Å². The van der Waals surface area contributed by atoms with E-state index in [1.54, 1.807) is 24.3 Å². The van der Waals surface area contributed by atoms with E-state index < -0.39 is 18.7 Å². The van der Waals surface area contributed by atoms with Crippen LogP contribution in [0, 0.1) is 0 Å². The summed E-state index contributed by atoms with van der Waals surface area (Å²) >= 11 is 0. The first kappa shape index (κ1) is 13.3. The van der Waals surface area contributed by atoms with Gasteiger partial charge in [-0.3, -0.25) is 0 Å². The van der Waals surface area contributed by atoms with E-state index in [1.807, 2.05) is 0 Å². The second-order valence-corrected chi connectivity index (χ2v) is 3.43. The molecule has 1 aromatic rings. The summed E-state index contributed by atoms with van der Waals surface area (Å²) in [5, 5.41) is 29.1. The van der Waals surface area contributed by atoms with Crippen LogP contribution in [0.1, 0.15) is 0 Å². The number of benzene rings is 1. The number of ether oxygens (including phenoxy) is 1. The molecule has 94 valence electrons. The Kier molecular flexibility index (Phi) is 5.25. The minimum absolute atomic E-state index is 0.207. The Morgan fingerprint density at radius 1 is 1.47 bits per heavy atom. The lowest BCUT2D eigenvalue weighted by Gasteiger charge is -2.11. The highest BCUT2D eigenvalue weighted by molar-refractivity contribution is 5.68. The number of hydrogen-bond donors (Lipinski definition) is 4. The summed E-state index contributed by atoms with van der Waals surface area (Å²) in [6.07, 6.45) is -0.835. The van der Waals surface area contributed by atoms with Crippen molar-refractivity contribution in [1.29, 1.82) is 0 Å². The van der Waals surface area contributed by atoms with Crippen LogP contribution in [0.15, 0.2) is 24.3 Å². The number of nitrogens with one attached hydrogen (secondary N) is 1. The molecule has 6 heteroatoms. The monoisotopic (exact) mass is 241 g/mol. The van der Waals surface area contributed by atoms with Crippen molar-refractivity contribution in [3.8, 4) is 5.75 Å². The van der Waals surface area contributed by atoms with E-state index in [-0.39, 0.29) is 13.2 Å². The summed E-state index contributed by atoms with van der Waals surface area (Å²) < 4.78 is 4.99. The van der Waals surface area contributed by atoms with Crippen LogP contribution >= 0.6 is 0 Å². The van der Waals surface area contributed by atoms with Crippen LogP contribution in [0.5, 0.6) is 5.75 Å². The molecule has 0 fully saturated rings. The third-order valence-electron chi connectivity index (χ3n) is 1.95. The fourth-order valence-corrected chi connectivity index (χ4v) is 1.14. The maximum atomic E-state index is 10.3. The van der Waals surface area contributed by atoms with Crippen LogP contribution in [0.4, 0.5) is 5.69 Å². The molecule has 1 atom stereocenters. The Balaban J connectivity index is 2.50. The van der Waals surface area contributed by atoms with Crippen molar-refractivity contribution in [2.75, 3.05) is 25.1 Å². The predicted molar refractivity (Wildman–Crippen MR) is 61.2 cm³/mol. The Morgan fingerprint density at radius 2 is 2.24 bits per heavy atom. The molecule has 0 aromatic heterocycles. The van der Waals surface area contributed by atoms with E-state index >= 15 is 0 Å². The van der Waals surface area contributed by atoms with Gasteiger partial charge in [-0.25, -0.2) is 4.79 Å². The Morgan fingerprint density at radius 3 is 2.88 bits per heavy atom. The lowest BCUT2D eigenvalue weighted by molar-refractivity contribution is -0.139. The topological polar surface area (TPSA) is 99.0 Å². The standard InChI is InChI=1S/C11H15NO5/c13-6-9(14)5-12-8-2-1-3-10(4-8)17-7-11(15)16/h1-4,9,12-14H,5-7H2,(H,15,16). The van der Waals surface area contributed by atoms with Crippen LogP contribution < -0.4 is 10.1 Å². The molecule has 1 unspecified atom stereocenters. The maximum Gasteiger partial charge on any atom is 0.341 e. The molecule has 0 heterocycles. The molecule has 0 radical (unpaired) electrons. The molecule has 1 aromatic carbocycles. The third-order valence-corrected chi connectivity index (χ3v) is 1.95. The van der Waals surface area contributed by atoms with Gasteiger partial charge in [-0.1, -0.05) is 6.07 Å². The van der Waals surface area contributed by atoms with Gasteiger partial charge in [-0.2, -0.15) is 0 Å². The van der Waals surface area contributed by atoms with Gasteiger partial charge in [0.15, 0.2) is 6.61 Å². The van der Waals surface area contributed by atoms with Crippen LogP contribution in [0.2, 0.25) is 0 Å². The zero-order valence-electron chi connectivity index (χ0n) is 9.17. The molecule has 0 saturated carbocycles. The number of aliphatic hydroxyl groups is 2. The average molecular weight is 241 g/mol. The summed E-state index contributed by atoms with van der Waals surface area (Å²) in [6, 6.07) is 6.70. The summed E-state index contributed by atoms with van der Waals surface area (Å²) in [6.45, 7) is -0.510. The number of carboxylic acids is 1. The molecule has 4 N–H and O–H groups in total.